The monoisotopic (exact) mass is 414 g/mol. The molecule has 0 saturated carbocycles. The van der Waals surface area contributed by atoms with E-state index >= 15 is 0 Å². The Labute approximate surface area is 144 Å². The van der Waals surface area contributed by atoms with Gasteiger partial charge in [0.15, 0.2) is 4.80 Å². The topological polar surface area (TPSA) is 85.6 Å². The van der Waals surface area contributed by atoms with Gasteiger partial charge >= 0.3 is 0 Å². The number of nitrogens with zero attached hydrogens (tertiary/aromatic N) is 2. The molecule has 2 rings (SSSR count). The molecule has 0 aliphatic heterocycles. The summed E-state index contributed by atoms with van der Waals surface area (Å²) in [4.78, 5) is 27.0. The lowest BCUT2D eigenvalue weighted by Crippen LogP contribution is -2.23. The number of rotatable bonds is 3. The lowest BCUT2D eigenvalue weighted by atomic mass is 10.3. The minimum Gasteiger partial charge on any atom is -0.305 e. The molecule has 1 aromatic heterocycles. The van der Waals surface area contributed by atoms with Crippen molar-refractivity contribution in [3.05, 3.63) is 27.5 Å². The fraction of sp³-hybridized carbons (Fsp3) is 0.214. The van der Waals surface area contributed by atoms with Crippen molar-refractivity contribution in [3.63, 3.8) is 0 Å². The van der Waals surface area contributed by atoms with Gasteiger partial charge in [0.25, 0.3) is 5.91 Å². The van der Waals surface area contributed by atoms with E-state index in [-0.39, 0.29) is 6.54 Å². The Bertz CT molecular complexity index is 1010. The molecular weight excluding hydrogens is 404 g/mol. The molecule has 0 unspecified atom stereocenters. The third-order valence-corrected chi connectivity index (χ3v) is 5.90. The van der Waals surface area contributed by atoms with Crippen molar-refractivity contribution >= 4 is 58.3 Å². The average Bonchev–Trinajstić information content (AvgIpc) is 2.75. The van der Waals surface area contributed by atoms with Crippen LogP contribution >= 0.6 is 27.3 Å². The maximum Gasteiger partial charge on any atom is 0.264 e. The predicted molar refractivity (Wildman–Crippen MR) is 91.4 cm³/mol. The molecule has 0 saturated heterocycles. The second-order valence-electron chi connectivity index (χ2n) is 4.54. The molecule has 120 valence electrons. The Morgan fingerprint density at radius 3 is 2.74 bits per heavy atom. The van der Waals surface area contributed by atoms with Crippen molar-refractivity contribution in [2.24, 2.45) is 4.99 Å². The summed E-state index contributed by atoms with van der Waals surface area (Å²) in [5.74, 6) is 0.617. The number of carbonyl (C=O) groups is 2. The van der Waals surface area contributed by atoms with Crippen LogP contribution in [0.5, 0.6) is 0 Å². The summed E-state index contributed by atoms with van der Waals surface area (Å²) in [5.41, 5.74) is 0.789. The Kier molecular flexibility index (Phi) is 5.19. The first-order valence-corrected chi connectivity index (χ1v) is 9.54. The van der Waals surface area contributed by atoms with E-state index in [9.17, 15) is 18.0 Å². The normalized spacial score (nSPS) is 12.3. The highest BCUT2D eigenvalue weighted by atomic mass is 79.9. The van der Waals surface area contributed by atoms with Gasteiger partial charge in [-0.25, -0.2) is 8.42 Å². The summed E-state index contributed by atoms with van der Waals surface area (Å²) in [6.45, 7) is 1.09. The molecule has 0 atom stereocenters. The maximum atomic E-state index is 11.9. The number of carbonyl (C=O) groups excluding carboxylic acids is 2. The van der Waals surface area contributed by atoms with Crippen LogP contribution in [0.15, 0.2) is 27.7 Å². The van der Waals surface area contributed by atoms with Crippen molar-refractivity contribution < 1.29 is 18.0 Å². The molecule has 2 aromatic rings. The molecule has 1 amide bonds. The van der Waals surface area contributed by atoms with Crippen LogP contribution in [0.25, 0.3) is 10.2 Å². The standard InChI is InChI=1S/C14H11BrN2O4S2/c1-3-6-17-11-5-4-10(15)7-12(11)22-14(17)16-13(19)8-23(20,21)9(2)18/h1,4-5,7H,6,8H2,2H3. The van der Waals surface area contributed by atoms with Crippen LogP contribution in [-0.2, 0) is 26.0 Å². The predicted octanol–water partition coefficient (Wildman–Crippen LogP) is 1.49. The molecule has 0 spiro atoms. The molecule has 0 fully saturated rings. The summed E-state index contributed by atoms with van der Waals surface area (Å²) >= 11 is 4.57. The molecule has 1 aromatic carbocycles. The average molecular weight is 415 g/mol. The Morgan fingerprint density at radius 1 is 1.43 bits per heavy atom. The molecule has 0 radical (unpaired) electrons. The third-order valence-electron chi connectivity index (χ3n) is 2.87. The number of aromatic nitrogens is 1. The number of hydrogen-bond donors (Lipinski definition) is 0. The molecule has 23 heavy (non-hydrogen) atoms. The summed E-state index contributed by atoms with van der Waals surface area (Å²) in [7, 11) is -4.11. The lowest BCUT2D eigenvalue weighted by Gasteiger charge is -1.99. The van der Waals surface area contributed by atoms with Gasteiger partial charge in [0, 0.05) is 11.4 Å². The highest BCUT2D eigenvalue weighted by Gasteiger charge is 2.21. The Hall–Kier alpha value is -1.76. The zero-order valence-electron chi connectivity index (χ0n) is 11.9. The van der Waals surface area contributed by atoms with Gasteiger partial charge in [-0.15, -0.1) is 6.42 Å². The smallest absolute Gasteiger partial charge is 0.264 e. The van der Waals surface area contributed by atoms with Gasteiger partial charge in [0.1, 0.15) is 5.75 Å². The summed E-state index contributed by atoms with van der Waals surface area (Å²) in [5, 5.41) is -1.06. The third kappa shape index (κ3) is 3.96. The molecule has 0 aliphatic carbocycles. The molecule has 1 heterocycles. The minimum atomic E-state index is -4.11. The van der Waals surface area contributed by atoms with Crippen molar-refractivity contribution in [3.8, 4) is 12.3 Å². The highest BCUT2D eigenvalue weighted by Crippen LogP contribution is 2.22. The molecular formula is C14H11BrN2O4S2. The number of sulfone groups is 1. The van der Waals surface area contributed by atoms with Gasteiger partial charge < -0.3 is 4.57 Å². The summed E-state index contributed by atoms with van der Waals surface area (Å²) in [6.07, 6.45) is 5.34. The van der Waals surface area contributed by atoms with E-state index in [1.165, 1.54) is 11.3 Å². The van der Waals surface area contributed by atoms with E-state index in [4.69, 9.17) is 6.42 Å². The zero-order valence-corrected chi connectivity index (χ0v) is 15.2. The lowest BCUT2D eigenvalue weighted by molar-refractivity contribution is -0.116. The van der Waals surface area contributed by atoms with Crippen LogP contribution < -0.4 is 4.80 Å². The maximum absolute atomic E-state index is 11.9. The number of hydrogen-bond acceptors (Lipinski definition) is 5. The molecule has 0 N–H and O–H groups in total. The fourth-order valence-corrected chi connectivity index (χ4v) is 3.97. The van der Waals surface area contributed by atoms with Crippen molar-refractivity contribution in [2.75, 3.05) is 5.75 Å². The second kappa shape index (κ2) is 6.78. The molecule has 0 bridgehead atoms. The van der Waals surface area contributed by atoms with Gasteiger partial charge in [-0.2, -0.15) is 4.99 Å². The van der Waals surface area contributed by atoms with E-state index < -0.39 is 26.6 Å². The van der Waals surface area contributed by atoms with Crippen LogP contribution in [-0.4, -0.2) is 29.8 Å². The first kappa shape index (κ1) is 17.6. The molecule has 9 heteroatoms. The summed E-state index contributed by atoms with van der Waals surface area (Å²) < 4.78 is 26.3. The van der Waals surface area contributed by atoms with Gasteiger partial charge in [-0.3, -0.25) is 9.59 Å². The van der Waals surface area contributed by atoms with Crippen molar-refractivity contribution in [2.45, 2.75) is 13.5 Å². The van der Waals surface area contributed by atoms with Gasteiger partial charge in [0.05, 0.1) is 16.8 Å². The van der Waals surface area contributed by atoms with Crippen LogP contribution in [0, 0.1) is 12.3 Å². The van der Waals surface area contributed by atoms with Crippen LogP contribution in [0.3, 0.4) is 0 Å². The molecule has 6 nitrogen and oxygen atoms in total. The Balaban J connectivity index is 2.54. The number of thiazole rings is 1. The van der Waals surface area contributed by atoms with Gasteiger partial charge in [0.2, 0.25) is 15.0 Å². The van der Waals surface area contributed by atoms with E-state index in [1.54, 1.807) is 4.57 Å². The first-order valence-electron chi connectivity index (χ1n) is 6.28. The number of amides is 1. The van der Waals surface area contributed by atoms with E-state index in [1.807, 2.05) is 18.2 Å². The largest absolute Gasteiger partial charge is 0.305 e. The number of terminal acetylenes is 1. The minimum absolute atomic E-state index is 0.188. The Morgan fingerprint density at radius 2 is 2.13 bits per heavy atom. The van der Waals surface area contributed by atoms with Crippen molar-refractivity contribution in [1.82, 2.24) is 4.57 Å². The van der Waals surface area contributed by atoms with E-state index in [2.05, 4.69) is 26.8 Å². The number of fused-ring (bicyclic) bond motifs is 1. The van der Waals surface area contributed by atoms with Crippen LogP contribution in [0.2, 0.25) is 0 Å². The van der Waals surface area contributed by atoms with Crippen molar-refractivity contribution in [1.29, 1.82) is 0 Å². The SMILES string of the molecule is C#CCn1c(=NC(=O)CS(=O)(=O)C(C)=O)sc2cc(Br)ccc21. The van der Waals surface area contributed by atoms with Crippen LogP contribution in [0.1, 0.15) is 6.92 Å². The van der Waals surface area contributed by atoms with E-state index in [0.717, 1.165) is 21.6 Å². The quantitative estimate of drug-likeness (QED) is 0.711. The number of halogens is 1. The van der Waals surface area contributed by atoms with Crippen LogP contribution in [0.4, 0.5) is 0 Å². The first-order chi connectivity index (χ1) is 10.7. The zero-order chi connectivity index (χ0) is 17.2. The number of benzene rings is 1. The van der Waals surface area contributed by atoms with Gasteiger partial charge in [-0.05, 0) is 18.2 Å². The second-order valence-corrected chi connectivity index (χ2v) is 8.56. The highest BCUT2D eigenvalue weighted by molar-refractivity contribution is 9.10. The molecule has 0 aliphatic rings. The van der Waals surface area contributed by atoms with E-state index in [0.29, 0.717) is 4.80 Å². The fourth-order valence-electron chi connectivity index (χ4n) is 1.78. The van der Waals surface area contributed by atoms with Gasteiger partial charge in [-0.1, -0.05) is 33.2 Å². The summed E-state index contributed by atoms with van der Waals surface area (Å²) in [6, 6.07) is 5.50.